The van der Waals surface area contributed by atoms with Gasteiger partial charge in [0.15, 0.2) is 5.65 Å². The summed E-state index contributed by atoms with van der Waals surface area (Å²) in [6, 6.07) is 20.7. The molecule has 5 aromatic rings. The zero-order valence-corrected chi connectivity index (χ0v) is 20.2. The highest BCUT2D eigenvalue weighted by Gasteiger charge is 2.17. The van der Waals surface area contributed by atoms with Gasteiger partial charge in [-0.1, -0.05) is 42.1 Å². The number of aliphatic hydroxyl groups is 1. The van der Waals surface area contributed by atoms with E-state index in [2.05, 4.69) is 25.7 Å². The molecule has 36 heavy (non-hydrogen) atoms. The van der Waals surface area contributed by atoms with Crippen molar-refractivity contribution in [3.05, 3.63) is 90.3 Å². The van der Waals surface area contributed by atoms with Crippen LogP contribution < -0.4 is 16.4 Å². The van der Waals surface area contributed by atoms with E-state index in [9.17, 15) is 9.90 Å². The molecule has 1 amide bonds. The lowest BCUT2D eigenvalue weighted by molar-refractivity contribution is 0.102. The first-order chi connectivity index (χ1) is 17.6. The molecule has 0 fully saturated rings. The summed E-state index contributed by atoms with van der Waals surface area (Å²) < 4.78 is 1.59. The first-order valence-electron chi connectivity index (χ1n) is 11.1. The Morgan fingerprint density at radius 1 is 1.06 bits per heavy atom. The minimum atomic E-state index is -0.301. The number of carbonyl (C=O) groups excluding carboxylic acids is 1. The van der Waals surface area contributed by atoms with Crippen LogP contribution in [0.25, 0.3) is 16.8 Å². The zero-order chi connectivity index (χ0) is 25.1. The number of carbonyl (C=O) groups is 1. The fourth-order valence-corrected chi connectivity index (χ4v) is 4.80. The number of nitrogen functional groups attached to an aromatic ring is 1. The first kappa shape index (κ1) is 23.3. The van der Waals surface area contributed by atoms with Crippen LogP contribution in [0.4, 0.5) is 17.5 Å². The van der Waals surface area contributed by atoms with Gasteiger partial charge >= 0.3 is 0 Å². The third-order valence-electron chi connectivity index (χ3n) is 5.55. The van der Waals surface area contributed by atoms with E-state index < -0.39 is 0 Å². The fourth-order valence-electron chi connectivity index (χ4n) is 3.77. The number of hydrogen-bond donors (Lipinski definition) is 4. The Morgan fingerprint density at radius 2 is 1.83 bits per heavy atom. The average molecular weight is 498 g/mol. The molecule has 0 spiro atoms. The van der Waals surface area contributed by atoms with Crippen LogP contribution in [-0.4, -0.2) is 37.6 Å². The minimum absolute atomic E-state index is 0.0606. The Bertz CT molecular complexity index is 1570. The number of hydrogen-bond acceptors (Lipinski definition) is 8. The molecule has 10 heteroatoms. The number of aliphatic hydroxyl groups excluding tert-OH is 1. The Labute approximate surface area is 211 Å². The molecule has 0 atom stereocenters. The van der Waals surface area contributed by atoms with E-state index in [1.165, 1.54) is 11.8 Å². The number of anilines is 3. The molecule has 0 saturated heterocycles. The van der Waals surface area contributed by atoms with Crippen molar-refractivity contribution in [3.8, 4) is 11.1 Å². The summed E-state index contributed by atoms with van der Waals surface area (Å²) in [6.07, 6.45) is 3.46. The molecule has 0 saturated carbocycles. The van der Waals surface area contributed by atoms with Gasteiger partial charge in [0.1, 0.15) is 5.82 Å². The van der Waals surface area contributed by atoms with Crippen LogP contribution in [-0.2, 0) is 6.61 Å². The maximum atomic E-state index is 13.4. The number of nitrogens with zero attached hydrogens (tertiary/aromatic N) is 4. The molecule has 0 aliphatic heterocycles. The normalized spacial score (nSPS) is 10.9. The van der Waals surface area contributed by atoms with Crippen molar-refractivity contribution >= 4 is 40.8 Å². The quantitative estimate of drug-likeness (QED) is 0.262. The Kier molecular flexibility index (Phi) is 6.52. The van der Waals surface area contributed by atoms with Gasteiger partial charge in [-0.25, -0.2) is 9.50 Å². The van der Waals surface area contributed by atoms with Gasteiger partial charge in [0.2, 0.25) is 5.95 Å². The van der Waals surface area contributed by atoms with E-state index in [-0.39, 0.29) is 18.5 Å². The number of benzene rings is 2. The second-order valence-corrected chi connectivity index (χ2v) is 8.96. The molecular formula is C26H23N7O2S. The Morgan fingerprint density at radius 3 is 2.64 bits per heavy atom. The number of rotatable bonds is 7. The predicted molar refractivity (Wildman–Crippen MR) is 141 cm³/mol. The molecule has 9 nitrogen and oxygen atoms in total. The molecule has 180 valence electrons. The van der Waals surface area contributed by atoms with E-state index >= 15 is 0 Å². The maximum Gasteiger partial charge on any atom is 0.259 e. The van der Waals surface area contributed by atoms with E-state index in [0.29, 0.717) is 22.7 Å². The number of para-hydroxylation sites is 1. The summed E-state index contributed by atoms with van der Waals surface area (Å²) in [6.45, 7) is -0.0606. The lowest BCUT2D eigenvalue weighted by atomic mass is 10.1. The summed E-state index contributed by atoms with van der Waals surface area (Å²) in [5.41, 5.74) is 9.76. The summed E-state index contributed by atoms with van der Waals surface area (Å²) >= 11 is 1.48. The molecule has 3 aromatic heterocycles. The van der Waals surface area contributed by atoms with Crippen molar-refractivity contribution < 1.29 is 9.90 Å². The van der Waals surface area contributed by atoms with Gasteiger partial charge in [-0.05, 0) is 47.5 Å². The monoisotopic (exact) mass is 497 g/mol. The number of nitrogens with one attached hydrogen (secondary N) is 2. The number of amides is 1. The minimum Gasteiger partial charge on any atom is -0.392 e. The lowest BCUT2D eigenvalue weighted by Crippen LogP contribution is -2.15. The molecular weight excluding hydrogens is 474 g/mol. The molecule has 2 aromatic carbocycles. The van der Waals surface area contributed by atoms with Crippen LogP contribution in [0, 0.1) is 0 Å². The second kappa shape index (κ2) is 10.1. The topological polar surface area (TPSA) is 130 Å². The third kappa shape index (κ3) is 4.72. The highest BCUT2D eigenvalue weighted by molar-refractivity contribution is 7.99. The van der Waals surface area contributed by atoms with Gasteiger partial charge in [0.05, 0.1) is 17.9 Å². The molecule has 5 rings (SSSR count). The van der Waals surface area contributed by atoms with E-state index in [1.54, 1.807) is 30.0 Å². The van der Waals surface area contributed by atoms with Crippen molar-refractivity contribution in [2.24, 2.45) is 0 Å². The number of pyridine rings is 2. The average Bonchev–Trinajstić information content (AvgIpc) is 3.29. The summed E-state index contributed by atoms with van der Waals surface area (Å²) in [5.74, 6) is 0.346. The van der Waals surface area contributed by atoms with Crippen molar-refractivity contribution in [1.29, 1.82) is 0 Å². The maximum absolute atomic E-state index is 13.4. The number of nitrogens with two attached hydrogens (primary N) is 1. The standard InChI is InChI=1S/C26H23N7O2S/c1-28-24-19(12-18(14-29-24)16-10-11-33-23(13-16)31-26(27)32-33)25(35)30-20-7-3-5-9-22(20)36-21-8-4-2-6-17(21)15-34/h2-14,34H,15H2,1H3,(H2,27,32)(H,28,29)(H,30,35). The number of aromatic nitrogens is 4. The van der Waals surface area contributed by atoms with Crippen LogP contribution >= 0.6 is 11.8 Å². The Hall–Kier alpha value is -4.41. The molecule has 5 N–H and O–H groups in total. The Balaban J connectivity index is 1.46. The van der Waals surface area contributed by atoms with Gasteiger partial charge in [-0.15, -0.1) is 5.10 Å². The van der Waals surface area contributed by atoms with Gasteiger partial charge < -0.3 is 21.5 Å². The van der Waals surface area contributed by atoms with Crippen molar-refractivity contribution in [3.63, 3.8) is 0 Å². The molecule has 0 radical (unpaired) electrons. The predicted octanol–water partition coefficient (Wildman–Crippen LogP) is 4.31. The third-order valence-corrected chi connectivity index (χ3v) is 6.75. The number of fused-ring (bicyclic) bond motifs is 1. The van der Waals surface area contributed by atoms with Crippen LogP contribution in [0.2, 0.25) is 0 Å². The smallest absolute Gasteiger partial charge is 0.259 e. The van der Waals surface area contributed by atoms with E-state index in [4.69, 9.17) is 5.73 Å². The molecule has 0 aliphatic carbocycles. The van der Waals surface area contributed by atoms with E-state index in [1.807, 2.05) is 60.7 Å². The van der Waals surface area contributed by atoms with Gasteiger partial charge in [-0.2, -0.15) is 4.98 Å². The zero-order valence-electron chi connectivity index (χ0n) is 19.3. The highest BCUT2D eigenvalue weighted by atomic mass is 32.2. The van der Waals surface area contributed by atoms with Crippen LogP contribution in [0.15, 0.2) is 88.9 Å². The second-order valence-electron chi connectivity index (χ2n) is 7.88. The van der Waals surface area contributed by atoms with Crippen molar-refractivity contribution in [2.45, 2.75) is 16.4 Å². The molecule has 0 aliphatic rings. The summed E-state index contributed by atoms with van der Waals surface area (Å²) in [5, 5.41) is 19.8. The van der Waals surface area contributed by atoms with Crippen molar-refractivity contribution in [2.75, 3.05) is 23.4 Å². The van der Waals surface area contributed by atoms with Crippen LogP contribution in [0.3, 0.4) is 0 Å². The largest absolute Gasteiger partial charge is 0.392 e. The van der Waals surface area contributed by atoms with Gasteiger partial charge in [0, 0.05) is 34.8 Å². The fraction of sp³-hybridized carbons (Fsp3) is 0.0769. The van der Waals surface area contributed by atoms with Gasteiger partial charge in [0.25, 0.3) is 5.91 Å². The summed E-state index contributed by atoms with van der Waals surface area (Å²) in [4.78, 5) is 23.9. The van der Waals surface area contributed by atoms with Crippen LogP contribution in [0.5, 0.6) is 0 Å². The lowest BCUT2D eigenvalue weighted by Gasteiger charge is -2.14. The first-order valence-corrected chi connectivity index (χ1v) is 11.9. The van der Waals surface area contributed by atoms with Gasteiger partial charge in [-0.3, -0.25) is 4.79 Å². The summed E-state index contributed by atoms with van der Waals surface area (Å²) in [7, 11) is 1.72. The SMILES string of the molecule is CNc1ncc(-c2ccn3nc(N)nc3c2)cc1C(=O)Nc1ccccc1Sc1ccccc1CO. The molecule has 0 unspecified atom stereocenters. The van der Waals surface area contributed by atoms with Crippen LogP contribution in [0.1, 0.15) is 15.9 Å². The highest BCUT2D eigenvalue weighted by Crippen LogP contribution is 2.36. The van der Waals surface area contributed by atoms with Crippen molar-refractivity contribution in [1.82, 2.24) is 19.6 Å². The molecule has 0 bridgehead atoms. The van der Waals surface area contributed by atoms with E-state index in [0.717, 1.165) is 26.5 Å². The molecule has 3 heterocycles.